The average Bonchev–Trinajstić information content (AvgIpc) is 2.67. The molecule has 0 bridgehead atoms. The maximum atomic E-state index is 10.8. The van der Waals surface area contributed by atoms with Crippen molar-refractivity contribution in [3.63, 3.8) is 0 Å². The van der Waals surface area contributed by atoms with Gasteiger partial charge in [0, 0.05) is 11.1 Å². The monoisotopic (exact) mass is 264 g/mol. The molecule has 0 spiro atoms. The number of carbonyl (C=O) groups is 1. The van der Waals surface area contributed by atoms with E-state index in [1.807, 2.05) is 13.8 Å². The van der Waals surface area contributed by atoms with Crippen LogP contribution in [0.25, 0.3) is 0 Å². The van der Waals surface area contributed by atoms with Gasteiger partial charge in [-0.05, 0) is 26.0 Å². The summed E-state index contributed by atoms with van der Waals surface area (Å²) in [5.74, 6) is 0.994. The van der Waals surface area contributed by atoms with Crippen molar-refractivity contribution in [3.05, 3.63) is 41.4 Å². The minimum atomic E-state index is -1.03. The van der Waals surface area contributed by atoms with Gasteiger partial charge < -0.3 is 9.52 Å². The van der Waals surface area contributed by atoms with E-state index in [-0.39, 0.29) is 5.69 Å². The van der Waals surface area contributed by atoms with Gasteiger partial charge in [0.05, 0.1) is 11.4 Å². The summed E-state index contributed by atoms with van der Waals surface area (Å²) in [4.78, 5) is 19.6. The molecule has 0 saturated carbocycles. The lowest BCUT2D eigenvalue weighted by Gasteiger charge is -1.99. The molecule has 6 heteroatoms. The lowest BCUT2D eigenvalue weighted by molar-refractivity contribution is 0.0690. The Morgan fingerprint density at radius 2 is 2.28 bits per heavy atom. The highest BCUT2D eigenvalue weighted by Crippen LogP contribution is 2.23. The molecule has 0 unspecified atom stereocenters. The fourth-order valence-electron chi connectivity index (χ4n) is 1.36. The number of pyridine rings is 1. The number of carboxylic acids is 1. The van der Waals surface area contributed by atoms with Crippen LogP contribution in [0.2, 0.25) is 0 Å². The predicted octanol–water partition coefficient (Wildman–Crippen LogP) is 2.68. The van der Waals surface area contributed by atoms with E-state index in [1.54, 1.807) is 6.07 Å². The van der Waals surface area contributed by atoms with Gasteiger partial charge in [-0.1, -0.05) is 0 Å². The van der Waals surface area contributed by atoms with Gasteiger partial charge in [-0.25, -0.2) is 14.8 Å². The van der Waals surface area contributed by atoms with Crippen LogP contribution >= 0.6 is 11.8 Å². The molecule has 1 N–H and O–H groups in total. The summed E-state index contributed by atoms with van der Waals surface area (Å²) in [5, 5.41) is 8.83. The lowest BCUT2D eigenvalue weighted by atomic mass is 10.3. The number of aromatic nitrogens is 2. The molecule has 2 aromatic rings. The number of rotatable bonds is 4. The molecular formula is C12H12N2O3S. The minimum absolute atomic E-state index is 0.0414. The van der Waals surface area contributed by atoms with E-state index in [4.69, 9.17) is 9.52 Å². The van der Waals surface area contributed by atoms with Gasteiger partial charge >= 0.3 is 5.97 Å². The average molecular weight is 264 g/mol. The molecule has 0 aliphatic carbocycles. The van der Waals surface area contributed by atoms with Gasteiger partial charge in [-0.15, -0.1) is 11.8 Å². The van der Waals surface area contributed by atoms with Crippen molar-refractivity contribution in [1.29, 1.82) is 0 Å². The van der Waals surface area contributed by atoms with Crippen LogP contribution in [0.15, 0.2) is 27.6 Å². The molecule has 0 radical (unpaired) electrons. The number of hydrogen-bond donors (Lipinski definition) is 1. The molecule has 0 aliphatic rings. The van der Waals surface area contributed by atoms with Gasteiger partial charge in [-0.3, -0.25) is 0 Å². The molecule has 2 rings (SSSR count). The van der Waals surface area contributed by atoms with E-state index in [9.17, 15) is 4.79 Å². The van der Waals surface area contributed by atoms with E-state index in [1.165, 1.54) is 24.0 Å². The molecule has 0 aromatic carbocycles. The Morgan fingerprint density at radius 1 is 1.50 bits per heavy atom. The van der Waals surface area contributed by atoms with E-state index in [2.05, 4.69) is 9.97 Å². The Hall–Kier alpha value is -1.82. The number of aromatic carboxylic acids is 1. The molecular weight excluding hydrogens is 252 g/mol. The van der Waals surface area contributed by atoms with Crippen molar-refractivity contribution in [2.24, 2.45) is 0 Å². The third kappa shape index (κ3) is 2.89. The van der Waals surface area contributed by atoms with Crippen LogP contribution in [-0.2, 0) is 5.75 Å². The second-order valence-electron chi connectivity index (χ2n) is 3.72. The quantitative estimate of drug-likeness (QED) is 0.855. The Morgan fingerprint density at radius 3 is 2.89 bits per heavy atom. The standard InChI is InChI=1S/C12H12N2O3S/c1-7-8(2)17-11(14-7)6-18-9-3-4-13-10(5-9)12(15)16/h3-5H,6H2,1-2H3,(H,15,16). The SMILES string of the molecule is Cc1nc(CSc2ccnc(C(=O)O)c2)oc1C. The van der Waals surface area contributed by atoms with Crippen LogP contribution in [-0.4, -0.2) is 21.0 Å². The summed E-state index contributed by atoms with van der Waals surface area (Å²) >= 11 is 1.47. The first-order valence-corrected chi connectivity index (χ1v) is 6.30. The van der Waals surface area contributed by atoms with Gasteiger partial charge in [0.15, 0.2) is 0 Å². The lowest BCUT2D eigenvalue weighted by Crippen LogP contribution is -1.99. The van der Waals surface area contributed by atoms with E-state index >= 15 is 0 Å². The number of nitrogens with zero attached hydrogens (tertiary/aromatic N) is 2. The number of hydrogen-bond acceptors (Lipinski definition) is 5. The van der Waals surface area contributed by atoms with Crippen molar-refractivity contribution in [2.75, 3.05) is 0 Å². The van der Waals surface area contributed by atoms with E-state index in [0.717, 1.165) is 16.3 Å². The Labute approximate surface area is 108 Å². The molecule has 0 saturated heterocycles. The number of oxazole rings is 1. The number of thioether (sulfide) groups is 1. The molecule has 2 aromatic heterocycles. The maximum absolute atomic E-state index is 10.8. The van der Waals surface area contributed by atoms with Crippen LogP contribution in [0.4, 0.5) is 0 Å². The zero-order valence-corrected chi connectivity index (χ0v) is 10.8. The second kappa shape index (κ2) is 5.22. The van der Waals surface area contributed by atoms with Crippen LogP contribution in [0.1, 0.15) is 27.8 Å². The van der Waals surface area contributed by atoms with Crippen molar-refractivity contribution in [2.45, 2.75) is 24.5 Å². The fourth-order valence-corrected chi connectivity index (χ4v) is 2.13. The molecule has 5 nitrogen and oxygen atoms in total. The highest BCUT2D eigenvalue weighted by atomic mass is 32.2. The van der Waals surface area contributed by atoms with Gasteiger partial charge in [-0.2, -0.15) is 0 Å². The summed E-state index contributed by atoms with van der Waals surface area (Å²) in [6.07, 6.45) is 1.48. The Kier molecular flexibility index (Phi) is 3.66. The first-order chi connectivity index (χ1) is 8.56. The van der Waals surface area contributed by atoms with Crippen molar-refractivity contribution in [1.82, 2.24) is 9.97 Å². The second-order valence-corrected chi connectivity index (χ2v) is 4.77. The van der Waals surface area contributed by atoms with Crippen LogP contribution in [0, 0.1) is 13.8 Å². The first-order valence-electron chi connectivity index (χ1n) is 5.31. The highest BCUT2D eigenvalue weighted by Gasteiger charge is 2.08. The third-order valence-electron chi connectivity index (χ3n) is 2.39. The minimum Gasteiger partial charge on any atom is -0.477 e. The predicted molar refractivity (Wildman–Crippen MR) is 66.7 cm³/mol. The molecule has 94 valence electrons. The summed E-state index contributed by atoms with van der Waals surface area (Å²) in [6.45, 7) is 3.76. The largest absolute Gasteiger partial charge is 0.477 e. The summed E-state index contributed by atoms with van der Waals surface area (Å²) in [6, 6.07) is 3.30. The smallest absolute Gasteiger partial charge is 0.354 e. The van der Waals surface area contributed by atoms with E-state index in [0.29, 0.717) is 11.6 Å². The zero-order chi connectivity index (χ0) is 13.1. The molecule has 0 atom stereocenters. The van der Waals surface area contributed by atoms with Crippen molar-refractivity contribution >= 4 is 17.7 Å². The third-order valence-corrected chi connectivity index (χ3v) is 3.36. The molecule has 0 aliphatic heterocycles. The highest BCUT2D eigenvalue weighted by molar-refractivity contribution is 7.98. The van der Waals surface area contributed by atoms with Crippen molar-refractivity contribution < 1.29 is 14.3 Å². The zero-order valence-electron chi connectivity index (χ0n) is 10.0. The van der Waals surface area contributed by atoms with Crippen LogP contribution in [0.5, 0.6) is 0 Å². The van der Waals surface area contributed by atoms with Crippen LogP contribution in [0.3, 0.4) is 0 Å². The fraction of sp³-hybridized carbons (Fsp3) is 0.250. The Balaban J connectivity index is 2.06. The van der Waals surface area contributed by atoms with Gasteiger partial charge in [0.2, 0.25) is 5.89 Å². The number of aryl methyl sites for hydroxylation is 2. The van der Waals surface area contributed by atoms with Crippen LogP contribution < -0.4 is 0 Å². The van der Waals surface area contributed by atoms with Crippen molar-refractivity contribution in [3.8, 4) is 0 Å². The van der Waals surface area contributed by atoms with Gasteiger partial charge in [0.25, 0.3) is 0 Å². The molecule has 0 amide bonds. The maximum Gasteiger partial charge on any atom is 0.354 e. The van der Waals surface area contributed by atoms with E-state index < -0.39 is 5.97 Å². The normalized spacial score (nSPS) is 10.6. The molecule has 0 fully saturated rings. The molecule has 18 heavy (non-hydrogen) atoms. The Bertz CT molecular complexity index is 561. The topological polar surface area (TPSA) is 76.2 Å². The summed E-state index contributed by atoms with van der Waals surface area (Å²) in [7, 11) is 0. The summed E-state index contributed by atoms with van der Waals surface area (Å²) < 4.78 is 5.45. The summed E-state index contributed by atoms with van der Waals surface area (Å²) in [5.41, 5.74) is 0.923. The number of carboxylic acid groups (broad SMARTS) is 1. The molecule has 2 heterocycles. The van der Waals surface area contributed by atoms with Gasteiger partial charge in [0.1, 0.15) is 11.5 Å². The first kappa shape index (κ1) is 12.6.